The molecule has 3 rings (SSSR count). The van der Waals surface area contributed by atoms with E-state index in [2.05, 4.69) is 18.0 Å². The lowest BCUT2D eigenvalue weighted by molar-refractivity contribution is 0.0747. The smallest absolute Gasteiger partial charge is 0.254 e. The highest BCUT2D eigenvalue weighted by atomic mass is 16.2. The van der Waals surface area contributed by atoms with E-state index in [9.17, 15) is 4.79 Å². The summed E-state index contributed by atoms with van der Waals surface area (Å²) in [7, 11) is 0. The van der Waals surface area contributed by atoms with Crippen LogP contribution in [0, 0.1) is 25.2 Å². The molecule has 1 aromatic heterocycles. The van der Waals surface area contributed by atoms with Crippen molar-refractivity contribution in [3.63, 3.8) is 0 Å². The van der Waals surface area contributed by atoms with Crippen LogP contribution in [0.25, 0.3) is 10.9 Å². The molecule has 4 heteroatoms. The highest BCUT2D eigenvalue weighted by molar-refractivity contribution is 5.99. The van der Waals surface area contributed by atoms with Gasteiger partial charge in [0.25, 0.3) is 5.91 Å². The van der Waals surface area contributed by atoms with Crippen molar-refractivity contribution >= 4 is 16.8 Å². The van der Waals surface area contributed by atoms with Crippen molar-refractivity contribution in [2.45, 2.75) is 39.2 Å². The van der Waals surface area contributed by atoms with E-state index in [4.69, 9.17) is 5.26 Å². The highest BCUT2D eigenvalue weighted by Crippen LogP contribution is 2.29. The number of nitriles is 1. The molecule has 108 valence electrons. The molecule has 0 unspecified atom stereocenters. The van der Waals surface area contributed by atoms with Gasteiger partial charge in [-0.15, -0.1) is 0 Å². The highest BCUT2D eigenvalue weighted by Gasteiger charge is 2.32. The number of aryl methyl sites for hydroxylation is 2. The lowest BCUT2D eigenvalue weighted by Gasteiger charge is -2.21. The van der Waals surface area contributed by atoms with Gasteiger partial charge in [-0.05, 0) is 50.5 Å². The second-order valence-corrected chi connectivity index (χ2v) is 5.77. The summed E-state index contributed by atoms with van der Waals surface area (Å²) < 4.78 is 0. The molecule has 1 heterocycles. The van der Waals surface area contributed by atoms with Crippen LogP contribution in [0.4, 0.5) is 0 Å². The fourth-order valence-corrected chi connectivity index (χ4v) is 2.77. The molecule has 2 aromatic rings. The minimum atomic E-state index is 0.0490. The van der Waals surface area contributed by atoms with Gasteiger partial charge in [-0.25, -0.2) is 0 Å². The Morgan fingerprint density at radius 2 is 2.19 bits per heavy atom. The van der Waals surface area contributed by atoms with Crippen molar-refractivity contribution in [3.8, 4) is 6.07 Å². The average molecular weight is 281 g/mol. The summed E-state index contributed by atoms with van der Waals surface area (Å²) >= 11 is 0. The molecule has 1 aliphatic rings. The third-order valence-corrected chi connectivity index (χ3v) is 4.27. The Morgan fingerprint density at radius 3 is 2.86 bits per heavy atom. The number of aromatic amines is 1. The molecule has 1 amide bonds. The maximum absolute atomic E-state index is 12.7. The molecular weight excluding hydrogens is 262 g/mol. The quantitative estimate of drug-likeness (QED) is 0.934. The molecule has 0 radical (unpaired) electrons. The predicted octanol–water partition coefficient (Wildman–Crippen LogP) is 3.30. The van der Waals surface area contributed by atoms with Crippen molar-refractivity contribution in [1.82, 2.24) is 9.88 Å². The molecule has 1 aliphatic carbocycles. The summed E-state index contributed by atoms with van der Waals surface area (Å²) in [5.41, 5.74) is 4.11. The van der Waals surface area contributed by atoms with Gasteiger partial charge in [-0.2, -0.15) is 5.26 Å². The van der Waals surface area contributed by atoms with E-state index in [1.807, 2.05) is 30.0 Å². The second-order valence-electron chi connectivity index (χ2n) is 5.77. The number of nitrogens with one attached hydrogen (secondary N) is 1. The number of hydrogen-bond acceptors (Lipinski definition) is 2. The van der Waals surface area contributed by atoms with Gasteiger partial charge < -0.3 is 9.88 Å². The van der Waals surface area contributed by atoms with E-state index in [-0.39, 0.29) is 5.91 Å². The van der Waals surface area contributed by atoms with E-state index in [0.717, 1.165) is 35.0 Å². The van der Waals surface area contributed by atoms with E-state index in [1.165, 1.54) is 5.56 Å². The molecule has 4 nitrogen and oxygen atoms in total. The van der Waals surface area contributed by atoms with Gasteiger partial charge in [0.1, 0.15) is 0 Å². The number of benzene rings is 1. The van der Waals surface area contributed by atoms with Gasteiger partial charge in [-0.1, -0.05) is 0 Å². The van der Waals surface area contributed by atoms with E-state index in [0.29, 0.717) is 19.0 Å². The Balaban J connectivity index is 1.92. The van der Waals surface area contributed by atoms with Crippen LogP contribution in [0.3, 0.4) is 0 Å². The average Bonchev–Trinajstić information content (AvgIpc) is 3.27. The number of amides is 1. The standard InChI is InChI=1S/C17H19N3O/c1-11-12(2)19-16-7-4-13(10-15(11)16)17(21)20(9-3-8-18)14-5-6-14/h4,7,10,14,19H,3,5-6,9H2,1-2H3. The Kier molecular flexibility index (Phi) is 3.42. The van der Waals surface area contributed by atoms with Gasteiger partial charge in [0.05, 0.1) is 12.5 Å². The largest absolute Gasteiger partial charge is 0.358 e. The summed E-state index contributed by atoms with van der Waals surface area (Å²) in [5.74, 6) is 0.0490. The summed E-state index contributed by atoms with van der Waals surface area (Å²) in [6, 6.07) is 8.28. The zero-order valence-electron chi connectivity index (χ0n) is 12.4. The molecule has 1 aromatic carbocycles. The van der Waals surface area contributed by atoms with Gasteiger partial charge in [-0.3, -0.25) is 4.79 Å². The van der Waals surface area contributed by atoms with Crippen molar-refractivity contribution in [3.05, 3.63) is 35.0 Å². The molecule has 21 heavy (non-hydrogen) atoms. The number of aromatic nitrogens is 1. The molecule has 1 fully saturated rings. The molecule has 0 atom stereocenters. The number of fused-ring (bicyclic) bond motifs is 1. The number of hydrogen-bond donors (Lipinski definition) is 1. The molecule has 1 N–H and O–H groups in total. The lowest BCUT2D eigenvalue weighted by atomic mass is 10.1. The minimum Gasteiger partial charge on any atom is -0.358 e. The first-order valence-electron chi connectivity index (χ1n) is 7.38. The zero-order chi connectivity index (χ0) is 15.0. The van der Waals surface area contributed by atoms with Gasteiger partial charge in [0.2, 0.25) is 0 Å². The lowest BCUT2D eigenvalue weighted by Crippen LogP contribution is -2.33. The van der Waals surface area contributed by atoms with Crippen LogP contribution < -0.4 is 0 Å². The third-order valence-electron chi connectivity index (χ3n) is 4.27. The topological polar surface area (TPSA) is 59.9 Å². The molecule has 1 saturated carbocycles. The Morgan fingerprint density at radius 1 is 1.43 bits per heavy atom. The fourth-order valence-electron chi connectivity index (χ4n) is 2.77. The SMILES string of the molecule is Cc1[nH]c2ccc(C(=O)N(CCC#N)C3CC3)cc2c1C. The Bertz CT molecular complexity index is 734. The monoisotopic (exact) mass is 281 g/mol. The Labute approximate surface area is 124 Å². The van der Waals surface area contributed by atoms with Crippen LogP contribution >= 0.6 is 0 Å². The fraction of sp³-hybridized carbons (Fsp3) is 0.412. The summed E-state index contributed by atoms with van der Waals surface area (Å²) in [5, 5.41) is 9.86. The van der Waals surface area contributed by atoms with Crippen molar-refractivity contribution in [2.75, 3.05) is 6.54 Å². The van der Waals surface area contributed by atoms with Gasteiger partial charge >= 0.3 is 0 Å². The van der Waals surface area contributed by atoms with Crippen LogP contribution in [-0.4, -0.2) is 28.4 Å². The number of H-pyrrole nitrogens is 1. The molecule has 0 spiro atoms. The maximum Gasteiger partial charge on any atom is 0.254 e. The van der Waals surface area contributed by atoms with Gasteiger partial charge in [0, 0.05) is 34.7 Å². The second kappa shape index (κ2) is 5.25. The van der Waals surface area contributed by atoms with Crippen molar-refractivity contribution < 1.29 is 4.79 Å². The van der Waals surface area contributed by atoms with E-state index < -0.39 is 0 Å². The zero-order valence-corrected chi connectivity index (χ0v) is 12.4. The van der Waals surface area contributed by atoms with Crippen LogP contribution in [-0.2, 0) is 0 Å². The molecule has 0 aliphatic heterocycles. The summed E-state index contributed by atoms with van der Waals surface area (Å²) in [4.78, 5) is 17.9. The number of nitrogens with zero attached hydrogens (tertiary/aromatic N) is 2. The Hall–Kier alpha value is -2.28. The van der Waals surface area contributed by atoms with E-state index >= 15 is 0 Å². The van der Waals surface area contributed by atoms with E-state index in [1.54, 1.807) is 0 Å². The first-order valence-corrected chi connectivity index (χ1v) is 7.38. The molecule has 0 bridgehead atoms. The van der Waals surface area contributed by atoms with Gasteiger partial charge in [0.15, 0.2) is 0 Å². The first-order chi connectivity index (χ1) is 10.1. The number of carbonyl (C=O) groups excluding carboxylic acids is 1. The van der Waals surface area contributed by atoms with Crippen LogP contribution in [0.1, 0.15) is 40.9 Å². The van der Waals surface area contributed by atoms with Crippen LogP contribution in [0.5, 0.6) is 0 Å². The van der Waals surface area contributed by atoms with Crippen LogP contribution in [0.15, 0.2) is 18.2 Å². The van der Waals surface area contributed by atoms with Crippen molar-refractivity contribution in [2.24, 2.45) is 0 Å². The molecule has 0 saturated heterocycles. The predicted molar refractivity (Wildman–Crippen MR) is 82.1 cm³/mol. The number of carbonyl (C=O) groups is 1. The summed E-state index contributed by atoms with van der Waals surface area (Å²) in [6.07, 6.45) is 2.51. The van der Waals surface area contributed by atoms with Crippen molar-refractivity contribution in [1.29, 1.82) is 5.26 Å². The number of rotatable bonds is 4. The normalized spacial score (nSPS) is 14.1. The first kappa shape index (κ1) is 13.7. The minimum absolute atomic E-state index is 0.0490. The molecular formula is C17H19N3O. The third kappa shape index (κ3) is 2.52. The maximum atomic E-state index is 12.7. The van der Waals surface area contributed by atoms with Crippen LogP contribution in [0.2, 0.25) is 0 Å². The summed E-state index contributed by atoms with van der Waals surface area (Å²) in [6.45, 7) is 4.64.